The van der Waals surface area contributed by atoms with Gasteiger partial charge in [0.1, 0.15) is 0 Å². The van der Waals surface area contributed by atoms with Crippen LogP contribution in [0.1, 0.15) is 66.6 Å². The van der Waals surface area contributed by atoms with Gasteiger partial charge in [0.25, 0.3) is 6.71 Å². The first kappa shape index (κ1) is 28.0. The Morgan fingerprint density at radius 3 is 1.28 bits per heavy atom. The highest BCUT2D eigenvalue weighted by atomic mass is 15.2. The Labute approximate surface area is 275 Å². The van der Waals surface area contributed by atoms with Gasteiger partial charge in [0.05, 0.1) is 0 Å². The lowest BCUT2D eigenvalue weighted by atomic mass is 9.33. The summed E-state index contributed by atoms with van der Waals surface area (Å²) in [6.07, 6.45) is 4.55. The van der Waals surface area contributed by atoms with Crippen LogP contribution in [0.3, 0.4) is 0 Å². The molecular weight excluding hydrogens is 555 g/mol. The number of fused-ring (bicyclic) bond motifs is 6. The van der Waals surface area contributed by atoms with Crippen LogP contribution < -0.4 is 26.2 Å². The van der Waals surface area contributed by atoms with Crippen molar-refractivity contribution in [2.75, 3.05) is 9.80 Å². The molecule has 5 aromatic carbocycles. The predicted molar refractivity (Wildman–Crippen MR) is 197 cm³/mol. The first-order valence-corrected chi connectivity index (χ1v) is 17.2. The number of benzene rings is 5. The Bertz CT molecular complexity index is 1970. The van der Waals surface area contributed by atoms with Gasteiger partial charge in [-0.3, -0.25) is 0 Å². The third-order valence-corrected chi connectivity index (χ3v) is 11.2. The Balaban J connectivity index is 1.41. The number of aryl methyl sites for hydroxylation is 3. The second kappa shape index (κ2) is 9.41. The van der Waals surface area contributed by atoms with Crippen molar-refractivity contribution >= 4 is 57.2 Å². The molecule has 0 radical (unpaired) electrons. The van der Waals surface area contributed by atoms with Gasteiger partial charge in [-0.2, -0.15) is 0 Å². The fraction of sp³-hybridized carbons (Fsp3) is 0.302. The third kappa shape index (κ3) is 4.03. The lowest BCUT2D eigenvalue weighted by Crippen LogP contribution is -2.61. The van der Waals surface area contributed by atoms with E-state index in [2.05, 4.69) is 143 Å². The second-order valence-electron chi connectivity index (χ2n) is 16.3. The van der Waals surface area contributed by atoms with Gasteiger partial charge in [-0.1, -0.05) is 76.2 Å². The fourth-order valence-electron chi connectivity index (χ4n) is 9.40. The Morgan fingerprint density at radius 1 is 0.478 bits per heavy atom. The Hall–Kier alpha value is -4.24. The zero-order valence-corrected chi connectivity index (χ0v) is 28.4. The van der Waals surface area contributed by atoms with E-state index in [4.69, 9.17) is 0 Å². The van der Waals surface area contributed by atoms with E-state index in [9.17, 15) is 0 Å². The van der Waals surface area contributed by atoms with Crippen molar-refractivity contribution in [3.8, 4) is 0 Å². The monoisotopic (exact) mass is 598 g/mol. The van der Waals surface area contributed by atoms with E-state index >= 15 is 0 Å². The molecule has 9 rings (SSSR count). The van der Waals surface area contributed by atoms with Crippen molar-refractivity contribution < 1.29 is 0 Å². The molecule has 0 aromatic heterocycles. The summed E-state index contributed by atoms with van der Waals surface area (Å²) in [5.74, 6) is 0. The van der Waals surface area contributed by atoms with Gasteiger partial charge in [0, 0.05) is 34.1 Å². The smallest absolute Gasteiger partial charge is 0.252 e. The molecule has 0 bridgehead atoms. The van der Waals surface area contributed by atoms with Crippen LogP contribution in [-0.2, 0) is 25.7 Å². The van der Waals surface area contributed by atoms with Gasteiger partial charge >= 0.3 is 0 Å². The zero-order chi connectivity index (χ0) is 31.7. The van der Waals surface area contributed by atoms with Crippen molar-refractivity contribution in [3.63, 3.8) is 0 Å². The van der Waals surface area contributed by atoms with Crippen LogP contribution in [0.4, 0.5) is 34.1 Å². The quantitative estimate of drug-likeness (QED) is 0.183. The summed E-state index contributed by atoms with van der Waals surface area (Å²) >= 11 is 0. The lowest BCUT2D eigenvalue weighted by Gasteiger charge is -2.45. The number of para-hydroxylation sites is 2. The molecule has 0 unspecified atom stereocenters. The molecule has 5 aromatic rings. The minimum absolute atomic E-state index is 0.180. The van der Waals surface area contributed by atoms with Crippen molar-refractivity contribution in [1.82, 2.24) is 0 Å². The minimum atomic E-state index is 0.180. The summed E-state index contributed by atoms with van der Waals surface area (Å²) in [5, 5.41) is 0. The highest BCUT2D eigenvalue weighted by Crippen LogP contribution is 2.49. The van der Waals surface area contributed by atoms with Gasteiger partial charge in [0.2, 0.25) is 0 Å². The molecule has 228 valence electrons. The van der Waals surface area contributed by atoms with Gasteiger partial charge in [0.15, 0.2) is 0 Å². The maximum absolute atomic E-state index is 2.62. The average molecular weight is 599 g/mol. The first-order chi connectivity index (χ1) is 22.0. The van der Waals surface area contributed by atoms with E-state index in [1.165, 1.54) is 89.5 Å². The maximum Gasteiger partial charge on any atom is 0.252 e. The van der Waals surface area contributed by atoms with E-state index in [1.54, 1.807) is 0 Å². The molecule has 2 aliphatic heterocycles. The molecule has 0 saturated carbocycles. The molecule has 0 amide bonds. The largest absolute Gasteiger partial charge is 0.311 e. The van der Waals surface area contributed by atoms with E-state index in [0.29, 0.717) is 0 Å². The van der Waals surface area contributed by atoms with Crippen LogP contribution in [0.2, 0.25) is 0 Å². The lowest BCUT2D eigenvalue weighted by molar-refractivity contribution is 0.392. The maximum atomic E-state index is 2.62. The van der Waals surface area contributed by atoms with E-state index < -0.39 is 0 Å². The highest BCUT2D eigenvalue weighted by Gasteiger charge is 2.46. The molecule has 3 heteroatoms. The molecule has 0 atom stereocenters. The summed E-state index contributed by atoms with van der Waals surface area (Å²) < 4.78 is 0. The molecule has 46 heavy (non-hydrogen) atoms. The minimum Gasteiger partial charge on any atom is -0.311 e. The number of anilines is 6. The second-order valence-corrected chi connectivity index (χ2v) is 16.3. The Morgan fingerprint density at radius 2 is 0.870 bits per heavy atom. The van der Waals surface area contributed by atoms with E-state index in [1.807, 2.05) is 0 Å². The first-order valence-electron chi connectivity index (χ1n) is 17.2. The standard InChI is InChI=1S/C43H43BN2/c1-26-16-39-41-40(17-26)46(36-15-11-9-13-28(36)3)38-21-32-25-43(6,7)23-30(32)19-34(38)44(41)33-18-29-22-42(4,5)24-31(29)20-37(33)45(39)35-14-10-8-12-27(35)2/h8-21H,22-25H2,1-7H3. The molecule has 0 spiro atoms. The number of hydrogen-bond acceptors (Lipinski definition) is 2. The fourth-order valence-corrected chi connectivity index (χ4v) is 9.40. The van der Waals surface area contributed by atoms with Gasteiger partial charge in [-0.15, -0.1) is 0 Å². The van der Waals surface area contributed by atoms with Crippen LogP contribution in [-0.4, -0.2) is 6.71 Å². The molecular formula is C43H43BN2. The van der Waals surface area contributed by atoms with Gasteiger partial charge < -0.3 is 9.80 Å². The van der Waals surface area contributed by atoms with Crippen LogP contribution in [0.5, 0.6) is 0 Å². The van der Waals surface area contributed by atoms with E-state index in [0.717, 1.165) is 25.7 Å². The summed E-state index contributed by atoms with van der Waals surface area (Å²) in [5.41, 5.74) is 22.8. The van der Waals surface area contributed by atoms with Gasteiger partial charge in [-0.25, -0.2) is 0 Å². The predicted octanol–water partition coefficient (Wildman–Crippen LogP) is 8.94. The number of nitrogens with zero attached hydrogens (tertiary/aromatic N) is 2. The van der Waals surface area contributed by atoms with Crippen LogP contribution in [0.25, 0.3) is 0 Å². The summed E-state index contributed by atoms with van der Waals surface area (Å²) in [7, 11) is 0. The van der Waals surface area contributed by atoms with Crippen LogP contribution in [0, 0.1) is 31.6 Å². The summed E-state index contributed by atoms with van der Waals surface area (Å²) in [6, 6.07) is 33.2. The molecule has 2 aliphatic carbocycles. The van der Waals surface area contributed by atoms with Crippen molar-refractivity contribution in [2.24, 2.45) is 10.8 Å². The van der Waals surface area contributed by atoms with Crippen molar-refractivity contribution in [1.29, 1.82) is 0 Å². The SMILES string of the molecule is Cc1cc2c3c(c1)N(c1ccccc1C)c1cc4c(cc1B3c1cc3c(cc1N2c1ccccc1C)CC(C)(C)C3)CC(C)(C)C4. The number of hydrogen-bond donors (Lipinski definition) is 0. The van der Waals surface area contributed by atoms with Gasteiger partial charge in [-0.05, 0) is 149 Å². The average Bonchev–Trinajstić information content (AvgIpc) is 3.47. The van der Waals surface area contributed by atoms with Crippen LogP contribution >= 0.6 is 0 Å². The molecule has 0 fully saturated rings. The normalized spacial score (nSPS) is 17.8. The molecule has 2 nitrogen and oxygen atoms in total. The van der Waals surface area contributed by atoms with Crippen molar-refractivity contribution in [3.05, 3.63) is 124 Å². The molecule has 0 saturated heterocycles. The molecule has 0 N–H and O–H groups in total. The van der Waals surface area contributed by atoms with E-state index in [-0.39, 0.29) is 17.5 Å². The Kier molecular flexibility index (Phi) is 5.73. The zero-order valence-electron chi connectivity index (χ0n) is 28.4. The van der Waals surface area contributed by atoms with Crippen molar-refractivity contribution in [2.45, 2.75) is 74.1 Å². The summed E-state index contributed by atoms with van der Waals surface area (Å²) in [4.78, 5) is 5.21. The highest BCUT2D eigenvalue weighted by molar-refractivity contribution is 7.00. The number of rotatable bonds is 2. The third-order valence-electron chi connectivity index (χ3n) is 11.2. The topological polar surface area (TPSA) is 6.48 Å². The van der Waals surface area contributed by atoms with Crippen LogP contribution in [0.15, 0.2) is 84.9 Å². The molecule has 4 aliphatic rings. The molecule has 2 heterocycles. The summed E-state index contributed by atoms with van der Waals surface area (Å²) in [6.45, 7) is 16.7.